The van der Waals surface area contributed by atoms with Gasteiger partial charge in [0, 0.05) is 41.7 Å². The third-order valence-corrected chi connectivity index (χ3v) is 4.33. The molecule has 10 nitrogen and oxygen atoms in total. The number of hydrogen-bond donors (Lipinski definition) is 4. The molecule has 10 heteroatoms. The monoisotopic (exact) mass is 383 g/mol. The van der Waals surface area contributed by atoms with E-state index in [0.29, 0.717) is 0 Å². The van der Waals surface area contributed by atoms with Crippen molar-refractivity contribution in [1.82, 2.24) is 25.2 Å². The Balaban J connectivity index is 1.60. The Morgan fingerprint density at radius 3 is 2.86 bits per heavy atom. The number of nitrogens with one attached hydrogen (secondary N) is 4. The van der Waals surface area contributed by atoms with Crippen LogP contribution >= 0.6 is 0 Å². The van der Waals surface area contributed by atoms with Crippen LogP contribution in [0.5, 0.6) is 0 Å². The Labute approximate surface area is 159 Å². The van der Waals surface area contributed by atoms with E-state index in [0.717, 1.165) is 28.7 Å². The van der Waals surface area contributed by atoms with E-state index in [4.69, 9.17) is 0 Å². The van der Waals surface area contributed by atoms with Crippen molar-refractivity contribution >= 4 is 28.8 Å². The summed E-state index contributed by atoms with van der Waals surface area (Å²) in [5.74, 6) is -0.375. The van der Waals surface area contributed by atoms with Crippen molar-refractivity contribution in [1.29, 1.82) is 0 Å². The Bertz CT molecular complexity index is 1140. The maximum atomic E-state index is 11.9. The third-order valence-electron chi connectivity index (χ3n) is 4.33. The van der Waals surface area contributed by atoms with Crippen LogP contribution in [-0.2, 0) is 11.3 Å². The van der Waals surface area contributed by atoms with Crippen LogP contribution in [0.15, 0.2) is 39.0 Å². The van der Waals surface area contributed by atoms with Gasteiger partial charge in [-0.05, 0) is 19.9 Å². The number of hydrazone groups is 1. The van der Waals surface area contributed by atoms with Crippen LogP contribution < -0.4 is 22.0 Å². The number of amides is 1. The number of rotatable bonds is 7. The summed E-state index contributed by atoms with van der Waals surface area (Å²) in [4.78, 5) is 36.4. The highest BCUT2D eigenvalue weighted by Crippen LogP contribution is 2.24. The number of fused-ring (bicyclic) bond motifs is 1. The molecule has 1 aromatic carbocycles. The van der Waals surface area contributed by atoms with Crippen LogP contribution in [0.2, 0.25) is 0 Å². The molecular formula is C18H21N7O3. The fraction of sp³-hybridized carbons (Fsp3) is 0.278. The van der Waals surface area contributed by atoms with Gasteiger partial charge in [0.1, 0.15) is 0 Å². The summed E-state index contributed by atoms with van der Waals surface area (Å²) in [7, 11) is 0. The van der Waals surface area contributed by atoms with E-state index in [1.807, 2.05) is 30.1 Å². The second-order valence-corrected chi connectivity index (χ2v) is 6.09. The summed E-state index contributed by atoms with van der Waals surface area (Å²) in [6.45, 7) is 5.11. The first-order valence-corrected chi connectivity index (χ1v) is 8.84. The van der Waals surface area contributed by atoms with E-state index >= 15 is 0 Å². The van der Waals surface area contributed by atoms with Crippen molar-refractivity contribution in [3.05, 3.63) is 56.4 Å². The molecule has 0 aliphatic carbocycles. The topological polar surface area (TPSA) is 137 Å². The molecular weight excluding hydrogens is 362 g/mol. The number of anilines is 1. The van der Waals surface area contributed by atoms with E-state index in [1.54, 1.807) is 6.21 Å². The number of aryl methyl sites for hydroxylation is 1. The fourth-order valence-electron chi connectivity index (χ4n) is 3.01. The molecule has 146 valence electrons. The van der Waals surface area contributed by atoms with Gasteiger partial charge in [0.25, 0.3) is 5.56 Å². The molecule has 0 radical (unpaired) electrons. The molecule has 0 unspecified atom stereocenters. The van der Waals surface area contributed by atoms with Gasteiger partial charge in [-0.15, -0.1) is 5.10 Å². The van der Waals surface area contributed by atoms with Crippen LogP contribution in [0.4, 0.5) is 5.82 Å². The largest absolute Gasteiger partial charge is 0.364 e. The molecule has 3 rings (SSSR count). The summed E-state index contributed by atoms with van der Waals surface area (Å²) in [5.41, 5.74) is 4.29. The molecule has 4 N–H and O–H groups in total. The molecule has 0 aliphatic heterocycles. The number of hydrogen-bond acceptors (Lipinski definition) is 6. The van der Waals surface area contributed by atoms with Crippen LogP contribution in [0.1, 0.15) is 24.6 Å². The average molecular weight is 383 g/mol. The van der Waals surface area contributed by atoms with Gasteiger partial charge >= 0.3 is 5.69 Å². The molecule has 0 fully saturated rings. The zero-order valence-corrected chi connectivity index (χ0v) is 15.6. The second-order valence-electron chi connectivity index (χ2n) is 6.09. The smallest absolute Gasteiger partial charge is 0.342 e. The minimum Gasteiger partial charge on any atom is -0.364 e. The maximum Gasteiger partial charge on any atom is 0.342 e. The van der Waals surface area contributed by atoms with Crippen molar-refractivity contribution < 1.29 is 4.79 Å². The van der Waals surface area contributed by atoms with Crippen LogP contribution in [0, 0.1) is 6.92 Å². The first-order chi connectivity index (χ1) is 13.5. The number of aromatic amines is 2. The van der Waals surface area contributed by atoms with Gasteiger partial charge < -0.3 is 9.88 Å². The van der Waals surface area contributed by atoms with Gasteiger partial charge in [0.2, 0.25) is 11.7 Å². The lowest BCUT2D eigenvalue weighted by molar-refractivity contribution is -0.120. The molecule has 0 spiro atoms. The molecule has 2 aromatic heterocycles. The minimum atomic E-state index is -0.692. The summed E-state index contributed by atoms with van der Waals surface area (Å²) < 4.78 is 2.19. The lowest BCUT2D eigenvalue weighted by Crippen LogP contribution is -2.28. The molecule has 0 bridgehead atoms. The Hall–Kier alpha value is -3.69. The highest BCUT2D eigenvalue weighted by Gasteiger charge is 2.11. The number of para-hydroxylation sites is 1. The summed E-state index contributed by atoms with van der Waals surface area (Å²) >= 11 is 0. The molecule has 2 heterocycles. The Morgan fingerprint density at radius 2 is 2.11 bits per heavy atom. The highest BCUT2D eigenvalue weighted by atomic mass is 16.2. The SMILES string of the molecule is CCn1c(C)c(/C=N/NC(=O)CCNc2n[nH]c(=O)[nH]c2=O)c2ccccc21. The number of H-pyrrole nitrogens is 2. The Morgan fingerprint density at radius 1 is 1.32 bits per heavy atom. The van der Waals surface area contributed by atoms with E-state index in [-0.39, 0.29) is 24.7 Å². The number of aromatic nitrogens is 4. The van der Waals surface area contributed by atoms with Gasteiger partial charge in [-0.25, -0.2) is 15.3 Å². The molecule has 0 saturated heterocycles. The lowest BCUT2D eigenvalue weighted by atomic mass is 10.1. The predicted molar refractivity (Wildman–Crippen MR) is 107 cm³/mol. The first-order valence-electron chi connectivity index (χ1n) is 8.84. The number of benzene rings is 1. The first kappa shape index (κ1) is 19.1. The summed E-state index contributed by atoms with van der Waals surface area (Å²) in [5, 5.41) is 13.5. The van der Waals surface area contributed by atoms with Crippen molar-refractivity contribution in [2.24, 2.45) is 5.10 Å². The second kappa shape index (κ2) is 8.33. The molecule has 0 atom stereocenters. The quantitative estimate of drug-likeness (QED) is 0.351. The zero-order valence-electron chi connectivity index (χ0n) is 15.6. The van der Waals surface area contributed by atoms with Crippen LogP contribution in [0.3, 0.4) is 0 Å². The van der Waals surface area contributed by atoms with Gasteiger partial charge in [-0.2, -0.15) is 5.10 Å². The minimum absolute atomic E-state index is 0.0566. The number of carbonyl (C=O) groups excluding carboxylic acids is 1. The van der Waals surface area contributed by atoms with Crippen LogP contribution in [-0.4, -0.2) is 38.4 Å². The summed E-state index contributed by atoms with van der Waals surface area (Å²) in [6.07, 6.45) is 1.72. The van der Waals surface area contributed by atoms with Crippen LogP contribution in [0.25, 0.3) is 10.9 Å². The van der Waals surface area contributed by atoms with E-state index in [9.17, 15) is 14.4 Å². The Kier molecular flexibility index (Phi) is 5.68. The summed E-state index contributed by atoms with van der Waals surface area (Å²) in [6, 6.07) is 8.04. The van der Waals surface area contributed by atoms with Crippen molar-refractivity contribution in [2.45, 2.75) is 26.8 Å². The third kappa shape index (κ3) is 4.00. The van der Waals surface area contributed by atoms with E-state index in [1.165, 1.54) is 0 Å². The van der Waals surface area contributed by atoms with Gasteiger partial charge in [0.15, 0.2) is 0 Å². The van der Waals surface area contributed by atoms with Crippen molar-refractivity contribution in [3.8, 4) is 0 Å². The van der Waals surface area contributed by atoms with E-state index in [2.05, 4.69) is 43.6 Å². The highest BCUT2D eigenvalue weighted by molar-refractivity contribution is 6.01. The molecule has 1 amide bonds. The van der Waals surface area contributed by atoms with Crippen molar-refractivity contribution in [2.75, 3.05) is 11.9 Å². The van der Waals surface area contributed by atoms with Gasteiger partial charge in [-0.3, -0.25) is 14.6 Å². The fourth-order valence-corrected chi connectivity index (χ4v) is 3.01. The maximum absolute atomic E-state index is 11.9. The lowest BCUT2D eigenvalue weighted by Gasteiger charge is -2.03. The predicted octanol–water partition coefficient (Wildman–Crippen LogP) is 0.694. The van der Waals surface area contributed by atoms with Crippen molar-refractivity contribution in [3.63, 3.8) is 0 Å². The molecule has 0 saturated carbocycles. The zero-order chi connectivity index (χ0) is 20.1. The van der Waals surface area contributed by atoms with Gasteiger partial charge in [0.05, 0.1) is 6.21 Å². The molecule has 28 heavy (non-hydrogen) atoms. The van der Waals surface area contributed by atoms with Gasteiger partial charge in [-0.1, -0.05) is 18.2 Å². The standard InChI is InChI=1S/C18H21N7O3/c1-3-25-11(2)13(12-6-4-5-7-14(12)25)10-20-22-15(26)8-9-19-16-17(27)21-18(28)24-23-16/h4-7,10H,3,8-9H2,1-2H3,(H,19,23)(H,22,26)(H2,21,24,27,28)/b20-10+. The number of carbonyl (C=O) groups is 1. The average Bonchev–Trinajstić information content (AvgIpc) is 2.95. The molecule has 3 aromatic rings. The number of nitrogens with zero attached hydrogens (tertiary/aromatic N) is 3. The van der Waals surface area contributed by atoms with E-state index < -0.39 is 11.2 Å². The normalized spacial score (nSPS) is 11.2. The molecule has 0 aliphatic rings.